The van der Waals surface area contributed by atoms with Crippen molar-refractivity contribution in [2.45, 2.75) is 239 Å². The summed E-state index contributed by atoms with van der Waals surface area (Å²) in [6.45, 7) is 10.5. The van der Waals surface area contributed by atoms with Crippen LogP contribution in [0.4, 0.5) is 0 Å². The van der Waals surface area contributed by atoms with Gasteiger partial charge in [-0.05, 0) is 26.7 Å². The fourth-order valence-corrected chi connectivity index (χ4v) is 6.92. The lowest BCUT2D eigenvalue weighted by atomic mass is 9.96. The third kappa shape index (κ3) is 30.7. The molecule has 0 saturated heterocycles. The first kappa shape index (κ1) is 46.7. The SMILES string of the molecule is CCCCCCCCCCCCCCCCCC(=O)C(C(=O)CCCCCCCCCCCCCCCCC)[NH+](CC)CC.[Cl-]. The number of likely N-dealkylation sites (N-methyl/N-ethyl adjacent to an activating group) is 1. The number of rotatable bonds is 37. The summed E-state index contributed by atoms with van der Waals surface area (Å²) in [6.07, 6.45) is 41.2. The number of hydrogen-bond donors (Lipinski definition) is 1. The summed E-state index contributed by atoms with van der Waals surface area (Å²) in [5, 5.41) is 0. The molecule has 3 nitrogen and oxygen atoms in total. The van der Waals surface area contributed by atoms with Crippen LogP contribution in [0, 0.1) is 0 Å². The predicted molar refractivity (Wildman–Crippen MR) is 195 cm³/mol. The third-order valence-electron chi connectivity index (χ3n) is 10.0. The first-order chi connectivity index (χ1) is 21.6. The largest absolute Gasteiger partial charge is 1.00 e. The smallest absolute Gasteiger partial charge is 0.205 e. The molecule has 270 valence electrons. The maximum Gasteiger partial charge on any atom is 0.205 e. The summed E-state index contributed by atoms with van der Waals surface area (Å²) >= 11 is 0. The van der Waals surface area contributed by atoms with Crippen molar-refractivity contribution in [3.63, 3.8) is 0 Å². The van der Waals surface area contributed by atoms with E-state index in [0.29, 0.717) is 12.8 Å². The fraction of sp³-hybridized carbons (Fsp3) is 0.951. The predicted octanol–water partition coefficient (Wildman–Crippen LogP) is 8.94. The molecule has 0 atom stereocenters. The van der Waals surface area contributed by atoms with Crippen LogP contribution in [0.3, 0.4) is 0 Å². The van der Waals surface area contributed by atoms with E-state index < -0.39 is 6.04 Å². The number of unbranched alkanes of at least 4 members (excludes halogenated alkanes) is 28. The van der Waals surface area contributed by atoms with Crippen LogP contribution >= 0.6 is 0 Å². The molecule has 0 fully saturated rings. The molecule has 0 unspecified atom stereocenters. The van der Waals surface area contributed by atoms with E-state index in [0.717, 1.165) is 38.8 Å². The Labute approximate surface area is 290 Å². The molecule has 0 radical (unpaired) electrons. The molecular formula is C41H82ClNO2. The topological polar surface area (TPSA) is 38.6 Å². The minimum absolute atomic E-state index is 0. The van der Waals surface area contributed by atoms with Gasteiger partial charge in [-0.25, -0.2) is 0 Å². The summed E-state index contributed by atoms with van der Waals surface area (Å²) < 4.78 is 0. The Balaban J connectivity index is 0. The Morgan fingerprint density at radius 1 is 0.356 bits per heavy atom. The molecule has 1 N–H and O–H groups in total. The molecule has 0 aliphatic heterocycles. The molecule has 45 heavy (non-hydrogen) atoms. The van der Waals surface area contributed by atoms with E-state index in [1.807, 2.05) is 0 Å². The second kappa shape index (κ2) is 38.0. The van der Waals surface area contributed by atoms with E-state index in [9.17, 15) is 9.59 Å². The van der Waals surface area contributed by atoms with Gasteiger partial charge in [-0.3, -0.25) is 9.59 Å². The van der Waals surface area contributed by atoms with Gasteiger partial charge in [-0.1, -0.05) is 194 Å². The molecule has 0 aromatic carbocycles. The molecule has 0 aliphatic rings. The summed E-state index contributed by atoms with van der Waals surface area (Å²) in [7, 11) is 0. The lowest BCUT2D eigenvalue weighted by molar-refractivity contribution is -0.903. The highest BCUT2D eigenvalue weighted by Gasteiger charge is 2.33. The van der Waals surface area contributed by atoms with E-state index in [4.69, 9.17) is 0 Å². The summed E-state index contributed by atoms with van der Waals surface area (Å²) in [4.78, 5) is 27.6. The number of ketones is 2. The molecular weight excluding hydrogens is 574 g/mol. The highest BCUT2D eigenvalue weighted by Crippen LogP contribution is 2.16. The Bertz CT molecular complexity index is 560. The fourth-order valence-electron chi connectivity index (χ4n) is 6.92. The van der Waals surface area contributed by atoms with Crippen LogP contribution in [0.5, 0.6) is 0 Å². The summed E-state index contributed by atoms with van der Waals surface area (Å²) in [6, 6.07) is -0.414. The second-order valence-electron chi connectivity index (χ2n) is 14.1. The van der Waals surface area contributed by atoms with Gasteiger partial charge in [0.2, 0.25) is 6.04 Å². The zero-order valence-corrected chi connectivity index (χ0v) is 32.1. The van der Waals surface area contributed by atoms with Gasteiger partial charge in [0.1, 0.15) is 0 Å². The highest BCUT2D eigenvalue weighted by atomic mass is 35.5. The summed E-state index contributed by atoms with van der Waals surface area (Å²) in [5.74, 6) is 0.425. The normalized spacial score (nSPS) is 11.4. The van der Waals surface area contributed by atoms with Crippen LogP contribution in [0.2, 0.25) is 0 Å². The van der Waals surface area contributed by atoms with Gasteiger partial charge >= 0.3 is 0 Å². The van der Waals surface area contributed by atoms with Crippen LogP contribution in [0.15, 0.2) is 0 Å². The Kier molecular flexibility index (Phi) is 39.5. The zero-order chi connectivity index (χ0) is 32.4. The first-order valence-electron chi connectivity index (χ1n) is 20.5. The molecule has 0 bridgehead atoms. The Morgan fingerprint density at radius 3 is 0.756 bits per heavy atom. The molecule has 0 amide bonds. The van der Waals surface area contributed by atoms with Gasteiger partial charge in [-0.15, -0.1) is 0 Å². The van der Waals surface area contributed by atoms with Gasteiger partial charge in [-0.2, -0.15) is 0 Å². The van der Waals surface area contributed by atoms with Crippen molar-refractivity contribution in [2.75, 3.05) is 13.1 Å². The van der Waals surface area contributed by atoms with E-state index >= 15 is 0 Å². The standard InChI is InChI=1S/C41H81NO2.ClH/c1-5-9-11-13-15-17-19-21-23-25-27-29-31-33-35-37-39(43)41(42(7-3)8-4)40(44)38-36-34-32-30-28-26-24-22-20-18-16-14-12-10-6-2;/h41H,5-38H2,1-4H3;1H. The maximum absolute atomic E-state index is 13.2. The van der Waals surface area contributed by atoms with Crippen molar-refractivity contribution in [3.05, 3.63) is 0 Å². The third-order valence-corrected chi connectivity index (χ3v) is 10.0. The number of nitrogens with one attached hydrogen (secondary N) is 1. The Morgan fingerprint density at radius 2 is 0.556 bits per heavy atom. The Hall–Kier alpha value is -0.410. The lowest BCUT2D eigenvalue weighted by Gasteiger charge is -2.24. The molecule has 4 heteroatoms. The van der Waals surface area contributed by atoms with Crippen molar-refractivity contribution in [1.29, 1.82) is 0 Å². The first-order valence-corrected chi connectivity index (χ1v) is 20.5. The van der Waals surface area contributed by atoms with Crippen LogP contribution in [-0.2, 0) is 9.59 Å². The molecule has 0 rings (SSSR count). The number of Topliss-reactive ketones (excluding diaryl/α,β-unsaturated/α-hetero) is 2. The zero-order valence-electron chi connectivity index (χ0n) is 31.3. The number of halogens is 1. The monoisotopic (exact) mass is 656 g/mol. The molecule has 0 saturated carbocycles. The lowest BCUT2D eigenvalue weighted by Crippen LogP contribution is -3.17. The van der Waals surface area contributed by atoms with Crippen molar-refractivity contribution < 1.29 is 26.9 Å². The van der Waals surface area contributed by atoms with E-state index in [1.54, 1.807) is 0 Å². The summed E-state index contributed by atoms with van der Waals surface area (Å²) in [5.41, 5.74) is 0. The molecule has 0 spiro atoms. The average Bonchev–Trinajstić information content (AvgIpc) is 3.03. The van der Waals surface area contributed by atoms with Crippen molar-refractivity contribution in [1.82, 2.24) is 0 Å². The second-order valence-corrected chi connectivity index (χ2v) is 14.1. The molecule has 0 aliphatic carbocycles. The van der Waals surface area contributed by atoms with Crippen molar-refractivity contribution >= 4 is 11.6 Å². The van der Waals surface area contributed by atoms with E-state index in [2.05, 4.69) is 27.7 Å². The van der Waals surface area contributed by atoms with Gasteiger partial charge in [0.25, 0.3) is 0 Å². The van der Waals surface area contributed by atoms with Crippen LogP contribution in [-0.4, -0.2) is 30.7 Å². The maximum atomic E-state index is 13.2. The van der Waals surface area contributed by atoms with Crippen molar-refractivity contribution in [3.8, 4) is 0 Å². The van der Waals surface area contributed by atoms with Crippen molar-refractivity contribution in [2.24, 2.45) is 0 Å². The average molecular weight is 657 g/mol. The molecule has 0 aromatic rings. The van der Waals surface area contributed by atoms with Crippen LogP contribution in [0.1, 0.15) is 233 Å². The molecule has 0 aromatic heterocycles. The highest BCUT2D eigenvalue weighted by molar-refractivity contribution is 6.04. The van der Waals surface area contributed by atoms with Gasteiger partial charge in [0.05, 0.1) is 13.1 Å². The van der Waals surface area contributed by atoms with E-state index in [-0.39, 0.29) is 24.0 Å². The van der Waals surface area contributed by atoms with Gasteiger partial charge < -0.3 is 17.3 Å². The number of carbonyl (C=O) groups excluding carboxylic acids is 2. The number of carbonyl (C=O) groups is 2. The number of quaternary nitrogens is 1. The van der Waals surface area contributed by atoms with Crippen LogP contribution < -0.4 is 17.3 Å². The quantitative estimate of drug-likeness (QED) is 0.0536. The van der Waals surface area contributed by atoms with Gasteiger partial charge in [0, 0.05) is 12.8 Å². The number of hydrogen-bond acceptors (Lipinski definition) is 2. The van der Waals surface area contributed by atoms with Gasteiger partial charge in [0.15, 0.2) is 11.6 Å². The minimum Gasteiger partial charge on any atom is -1.00 e. The minimum atomic E-state index is -0.414. The van der Waals surface area contributed by atoms with E-state index in [1.165, 1.54) is 172 Å². The molecule has 0 heterocycles. The van der Waals surface area contributed by atoms with Crippen LogP contribution in [0.25, 0.3) is 0 Å².